The second-order valence-electron chi connectivity index (χ2n) is 1.87. The quantitative estimate of drug-likeness (QED) is 0.456. The van der Waals surface area contributed by atoms with Crippen molar-refractivity contribution < 1.29 is 26.8 Å². The molecule has 0 spiro atoms. The predicted octanol–water partition coefficient (Wildman–Crippen LogP) is 1.75. The van der Waals surface area contributed by atoms with Gasteiger partial charge in [0, 0.05) is 0 Å². The number of pyridine rings is 1. The van der Waals surface area contributed by atoms with E-state index in [1.807, 2.05) is 0 Å². The van der Waals surface area contributed by atoms with Crippen molar-refractivity contribution in [1.29, 1.82) is 0 Å². The van der Waals surface area contributed by atoms with Crippen molar-refractivity contribution in [3.63, 3.8) is 0 Å². The monoisotopic (exact) mass is 249 g/mol. The molecule has 1 aromatic rings. The Kier molecular flexibility index (Phi) is 7.85. The summed E-state index contributed by atoms with van der Waals surface area (Å²) in [5.74, 6) is -0.352. The van der Waals surface area contributed by atoms with Gasteiger partial charge in [0.05, 0.1) is 6.61 Å². The van der Waals surface area contributed by atoms with Crippen molar-refractivity contribution in [1.82, 2.24) is 4.98 Å². The topological polar surface area (TPSA) is 39.2 Å². The molecule has 0 aliphatic carbocycles. The Morgan fingerprint density at radius 3 is 2.92 bits per heavy atom. The van der Waals surface area contributed by atoms with Crippen LogP contribution in [-0.4, -0.2) is 17.6 Å². The van der Waals surface area contributed by atoms with E-state index in [0.29, 0.717) is 12.2 Å². The van der Waals surface area contributed by atoms with Crippen LogP contribution in [0.4, 0.5) is 0 Å². The van der Waals surface area contributed by atoms with Gasteiger partial charge < -0.3 is 9.53 Å². The summed E-state index contributed by atoms with van der Waals surface area (Å²) in [6.07, 6.45) is 2.97. The second kappa shape index (κ2) is 8.15. The molecule has 3 nitrogen and oxygen atoms in total. The van der Waals surface area contributed by atoms with Crippen molar-refractivity contribution in [2.24, 2.45) is 0 Å². The molecule has 0 atom stereocenters. The molecule has 66 valence electrons. The van der Waals surface area contributed by atoms with Gasteiger partial charge in [-0.05, 0) is 19.3 Å². The van der Waals surface area contributed by atoms with E-state index in [9.17, 15) is 4.79 Å². The molecule has 0 aromatic carbocycles. The van der Waals surface area contributed by atoms with Crippen LogP contribution < -0.4 is 0 Å². The summed E-state index contributed by atoms with van der Waals surface area (Å²) < 4.78 is 4.73. The first-order chi connectivity index (χ1) is 6.34. The van der Waals surface area contributed by atoms with Gasteiger partial charge in [-0.25, -0.2) is 0 Å². The molecule has 0 saturated heterocycles. The fourth-order valence-corrected chi connectivity index (χ4v) is 0.651. The average Bonchev–Trinajstić information content (AvgIpc) is 2.23. The maximum absolute atomic E-state index is 11.0. The number of hydrogen-bond acceptors (Lipinski definition) is 3. The van der Waals surface area contributed by atoms with Gasteiger partial charge >= 0.3 is 27.0 Å². The Hall–Kier alpha value is -0.467. The molecule has 0 amide bonds. The fourth-order valence-electron chi connectivity index (χ4n) is 0.651. The normalized spacial score (nSPS) is 8.31. The van der Waals surface area contributed by atoms with Crippen LogP contribution in [0.2, 0.25) is 0 Å². The standard InChI is InChI=1S/C8H8NO2.ClH.Zn/c1-2-11-8(10)7-3-5-9-6-4-7;;/h3,5-6H,2H2,1H3;1H;/q-1;;+2/p-1. The molecule has 1 rings (SSSR count). The van der Waals surface area contributed by atoms with Crippen LogP contribution in [0.5, 0.6) is 0 Å². The van der Waals surface area contributed by atoms with Gasteiger partial charge in [-0.3, -0.25) is 4.98 Å². The SMILES string of the molecule is CCOC(=O)c1[c-]cncc1.[Cl][Zn+]. The van der Waals surface area contributed by atoms with Gasteiger partial charge in [0.1, 0.15) is 0 Å². The van der Waals surface area contributed by atoms with Crippen LogP contribution in [0.1, 0.15) is 17.3 Å². The number of aromatic nitrogens is 1. The zero-order valence-electron chi connectivity index (χ0n) is 7.29. The molecule has 0 fully saturated rings. The predicted molar refractivity (Wildman–Crippen MR) is 44.9 cm³/mol. The molecule has 0 N–H and O–H groups in total. The van der Waals surface area contributed by atoms with Crippen molar-refractivity contribution in [3.05, 3.63) is 30.1 Å². The molecule has 0 saturated carbocycles. The Bertz CT molecular complexity index is 243. The number of esters is 1. The zero-order valence-corrected chi connectivity index (χ0v) is 11.0. The third-order valence-corrected chi connectivity index (χ3v) is 1.12. The zero-order chi connectivity index (χ0) is 10.1. The molecule has 0 radical (unpaired) electrons. The van der Waals surface area contributed by atoms with Gasteiger partial charge in [0.25, 0.3) is 0 Å². The number of ether oxygens (including phenoxy) is 1. The first-order valence-corrected chi connectivity index (χ1v) is 7.50. The maximum atomic E-state index is 11.0. The van der Waals surface area contributed by atoms with Crippen molar-refractivity contribution >= 4 is 15.7 Å². The summed E-state index contributed by atoms with van der Waals surface area (Å²) in [6.45, 7) is 2.15. The van der Waals surface area contributed by atoms with Gasteiger partial charge in [-0.15, -0.1) is 17.7 Å². The summed E-state index contributed by atoms with van der Waals surface area (Å²) in [7, 11) is 4.76. The summed E-state index contributed by atoms with van der Waals surface area (Å²) in [6, 6.07) is 4.23. The number of rotatable bonds is 2. The van der Waals surface area contributed by atoms with Crippen LogP contribution in [0.3, 0.4) is 0 Å². The molecule has 1 heterocycles. The van der Waals surface area contributed by atoms with E-state index in [1.165, 1.54) is 12.4 Å². The van der Waals surface area contributed by atoms with E-state index in [-0.39, 0.29) is 5.97 Å². The summed E-state index contributed by atoms with van der Waals surface area (Å²) in [5.41, 5.74) is 0.418. The number of carbonyl (C=O) groups excluding carboxylic acids is 1. The van der Waals surface area contributed by atoms with Gasteiger partial charge in [0.2, 0.25) is 5.97 Å². The van der Waals surface area contributed by atoms with Crippen molar-refractivity contribution in [2.45, 2.75) is 6.92 Å². The van der Waals surface area contributed by atoms with Gasteiger partial charge in [-0.2, -0.15) is 0 Å². The number of halogens is 1. The van der Waals surface area contributed by atoms with E-state index in [0.717, 1.165) is 17.3 Å². The minimum absolute atomic E-state index is 0.352. The Balaban J connectivity index is 0.000000671. The number of nitrogens with zero attached hydrogens (tertiary/aromatic N) is 1. The first kappa shape index (κ1) is 12.5. The van der Waals surface area contributed by atoms with E-state index in [2.05, 4.69) is 11.1 Å². The average molecular weight is 251 g/mol. The van der Waals surface area contributed by atoms with Crippen molar-refractivity contribution in [3.8, 4) is 0 Å². The van der Waals surface area contributed by atoms with Crippen LogP contribution in [0.15, 0.2) is 18.5 Å². The Morgan fingerprint density at radius 1 is 1.77 bits per heavy atom. The molecular weight excluding hydrogens is 243 g/mol. The minimum atomic E-state index is -0.352. The summed E-state index contributed by atoms with van der Waals surface area (Å²) in [5, 5.41) is 0. The van der Waals surface area contributed by atoms with Crippen LogP contribution >= 0.6 is 9.69 Å². The van der Waals surface area contributed by atoms with Crippen LogP contribution in [-0.2, 0) is 22.0 Å². The van der Waals surface area contributed by atoms with E-state index in [1.54, 1.807) is 13.0 Å². The van der Waals surface area contributed by atoms with Crippen LogP contribution in [0.25, 0.3) is 0 Å². The Morgan fingerprint density at radius 2 is 2.46 bits per heavy atom. The molecular formula is C8H8ClNO2Zn. The summed E-state index contributed by atoms with van der Waals surface area (Å²) in [4.78, 5) is 14.7. The van der Waals surface area contributed by atoms with E-state index >= 15 is 0 Å². The number of carbonyl (C=O) groups is 1. The fraction of sp³-hybridized carbons (Fsp3) is 0.250. The summed E-state index contributed by atoms with van der Waals surface area (Å²) >= 11 is 0.847. The van der Waals surface area contributed by atoms with Gasteiger partial charge in [0.15, 0.2) is 0 Å². The molecule has 0 unspecified atom stereocenters. The molecule has 13 heavy (non-hydrogen) atoms. The van der Waals surface area contributed by atoms with E-state index < -0.39 is 0 Å². The van der Waals surface area contributed by atoms with Crippen LogP contribution in [0, 0.1) is 6.07 Å². The molecule has 0 aliphatic rings. The van der Waals surface area contributed by atoms with Crippen molar-refractivity contribution in [2.75, 3.05) is 6.61 Å². The molecule has 5 heteroatoms. The molecule has 1 aromatic heterocycles. The molecule has 0 bridgehead atoms. The van der Waals surface area contributed by atoms with E-state index in [4.69, 9.17) is 14.4 Å². The number of hydrogen-bond donors (Lipinski definition) is 0. The van der Waals surface area contributed by atoms with Gasteiger partial charge in [-0.1, -0.05) is 0 Å². The second-order valence-corrected chi connectivity index (χ2v) is 1.87. The Labute approximate surface area is 91.2 Å². The molecule has 0 aliphatic heterocycles. The third kappa shape index (κ3) is 4.96. The first-order valence-electron chi connectivity index (χ1n) is 3.60. The third-order valence-electron chi connectivity index (χ3n) is 1.12.